The van der Waals surface area contributed by atoms with Gasteiger partial charge < -0.3 is 5.11 Å². The fraction of sp³-hybridized carbons (Fsp3) is 0.476. The van der Waals surface area contributed by atoms with Crippen LogP contribution >= 0.6 is 0 Å². The third-order valence-electron chi connectivity index (χ3n) is 4.23. The van der Waals surface area contributed by atoms with Crippen LogP contribution in [0.1, 0.15) is 70.4 Å². The topological polar surface area (TPSA) is 33.1 Å². The van der Waals surface area contributed by atoms with Crippen molar-refractivity contribution in [3.8, 4) is 5.75 Å². The van der Waals surface area contributed by atoms with Crippen molar-refractivity contribution < 1.29 is 5.11 Å². The number of allylic oxidation sites excluding steroid dienone is 1. The summed E-state index contributed by atoms with van der Waals surface area (Å²) in [5.41, 5.74) is 1.60. The molecule has 2 rings (SSSR count). The molecule has 1 aromatic carbocycles. The van der Waals surface area contributed by atoms with Gasteiger partial charge in [-0.05, 0) is 31.1 Å². The number of hydrogen-bond donors (Lipinski definition) is 1. The lowest BCUT2D eigenvalue weighted by molar-refractivity contribution is 0.480. The molecule has 0 aliphatic carbocycles. The van der Waals surface area contributed by atoms with E-state index in [2.05, 4.69) is 24.1 Å². The highest BCUT2D eigenvalue weighted by molar-refractivity contribution is 5.84. The number of para-hydroxylation sites is 1. The van der Waals surface area contributed by atoms with E-state index in [-0.39, 0.29) is 5.75 Å². The fourth-order valence-electron chi connectivity index (χ4n) is 2.84. The summed E-state index contributed by atoms with van der Waals surface area (Å²) in [4.78, 5) is 4.51. The third kappa shape index (κ3) is 6.05. The molecule has 0 fully saturated rings. The molecule has 0 saturated carbocycles. The van der Waals surface area contributed by atoms with Crippen molar-refractivity contribution in [2.45, 2.75) is 64.7 Å². The van der Waals surface area contributed by atoms with Gasteiger partial charge in [-0.2, -0.15) is 0 Å². The Morgan fingerprint density at radius 1 is 0.913 bits per heavy atom. The monoisotopic (exact) mass is 311 g/mol. The van der Waals surface area contributed by atoms with Crippen LogP contribution in [0.4, 0.5) is 0 Å². The number of aromatic nitrogens is 1. The number of aromatic hydroxyl groups is 1. The Morgan fingerprint density at radius 2 is 1.65 bits per heavy atom. The quantitative estimate of drug-likeness (QED) is 0.509. The minimum absolute atomic E-state index is 0.251. The predicted octanol–water partition coefficient (Wildman–Crippen LogP) is 6.48. The maximum atomic E-state index is 9.86. The third-order valence-corrected chi connectivity index (χ3v) is 4.23. The van der Waals surface area contributed by atoms with Gasteiger partial charge in [0.05, 0.1) is 5.69 Å². The van der Waals surface area contributed by atoms with Gasteiger partial charge in [-0.15, -0.1) is 0 Å². The van der Waals surface area contributed by atoms with E-state index in [0.29, 0.717) is 5.52 Å². The Bertz CT molecular complexity index is 618. The maximum Gasteiger partial charge on any atom is 0.141 e. The summed E-state index contributed by atoms with van der Waals surface area (Å²) < 4.78 is 0. The predicted molar refractivity (Wildman–Crippen MR) is 99.7 cm³/mol. The van der Waals surface area contributed by atoms with E-state index in [9.17, 15) is 5.11 Å². The van der Waals surface area contributed by atoms with Crippen molar-refractivity contribution in [3.63, 3.8) is 0 Å². The van der Waals surface area contributed by atoms with Crippen molar-refractivity contribution in [1.29, 1.82) is 0 Å². The summed E-state index contributed by atoms with van der Waals surface area (Å²) in [5.74, 6) is 0.251. The number of phenolic OH excluding ortho intramolecular Hbond substituents is 1. The molecule has 0 bridgehead atoms. The number of unbranched alkanes of at least 4 members (excludes halogenated alkanes) is 8. The molecule has 2 heteroatoms. The molecule has 0 spiro atoms. The molecule has 2 nitrogen and oxygen atoms in total. The molecule has 0 saturated heterocycles. The highest BCUT2D eigenvalue weighted by Gasteiger charge is 2.00. The molecule has 2 aromatic rings. The fourth-order valence-corrected chi connectivity index (χ4v) is 2.84. The molecule has 1 aromatic heterocycles. The van der Waals surface area contributed by atoms with Crippen molar-refractivity contribution >= 4 is 17.0 Å². The first-order chi connectivity index (χ1) is 11.3. The Morgan fingerprint density at radius 3 is 2.43 bits per heavy atom. The highest BCUT2D eigenvalue weighted by atomic mass is 16.3. The molecule has 1 N–H and O–H groups in total. The van der Waals surface area contributed by atoms with Gasteiger partial charge in [-0.1, -0.05) is 76.1 Å². The van der Waals surface area contributed by atoms with Gasteiger partial charge in [0.1, 0.15) is 11.3 Å². The summed E-state index contributed by atoms with van der Waals surface area (Å²) in [6.07, 6.45) is 16.2. The van der Waals surface area contributed by atoms with Crippen molar-refractivity contribution in [2.24, 2.45) is 0 Å². The van der Waals surface area contributed by atoms with E-state index in [0.717, 1.165) is 17.5 Å². The van der Waals surface area contributed by atoms with Crippen LogP contribution in [0.5, 0.6) is 5.75 Å². The van der Waals surface area contributed by atoms with Gasteiger partial charge in [0.25, 0.3) is 0 Å². The number of rotatable bonds is 10. The van der Waals surface area contributed by atoms with Gasteiger partial charge in [-0.3, -0.25) is 0 Å². The molecular weight excluding hydrogens is 282 g/mol. The summed E-state index contributed by atoms with van der Waals surface area (Å²) in [6, 6.07) is 9.51. The molecule has 0 radical (unpaired) electrons. The molecule has 1 heterocycles. The van der Waals surface area contributed by atoms with E-state index < -0.39 is 0 Å². The number of hydrogen-bond acceptors (Lipinski definition) is 2. The van der Waals surface area contributed by atoms with Crippen LogP contribution in [0.25, 0.3) is 17.0 Å². The summed E-state index contributed by atoms with van der Waals surface area (Å²) in [7, 11) is 0. The molecule has 124 valence electrons. The van der Waals surface area contributed by atoms with E-state index in [4.69, 9.17) is 0 Å². The Labute approximate surface area is 140 Å². The number of benzene rings is 1. The zero-order valence-corrected chi connectivity index (χ0v) is 14.3. The highest BCUT2D eigenvalue weighted by Crippen LogP contribution is 2.22. The largest absolute Gasteiger partial charge is 0.506 e. The standard InChI is InChI=1S/C21H29NO/c1-2-3-4-5-6-7-8-9-10-11-14-19-17-16-18-13-12-15-20(23)21(18)22-19/h11-17,23H,2-10H2,1H3. The van der Waals surface area contributed by atoms with E-state index in [1.165, 1.54) is 51.4 Å². The van der Waals surface area contributed by atoms with E-state index in [1.54, 1.807) is 6.07 Å². The van der Waals surface area contributed by atoms with Gasteiger partial charge in [0.2, 0.25) is 0 Å². The first kappa shape index (κ1) is 17.5. The van der Waals surface area contributed by atoms with Gasteiger partial charge in [-0.25, -0.2) is 4.98 Å². The second kappa shape index (κ2) is 10.0. The average Bonchev–Trinajstić information content (AvgIpc) is 2.57. The van der Waals surface area contributed by atoms with Crippen molar-refractivity contribution in [3.05, 3.63) is 42.1 Å². The summed E-state index contributed by atoms with van der Waals surface area (Å²) >= 11 is 0. The molecule has 23 heavy (non-hydrogen) atoms. The Hall–Kier alpha value is -1.83. The average molecular weight is 311 g/mol. The minimum Gasteiger partial charge on any atom is -0.506 e. The van der Waals surface area contributed by atoms with Gasteiger partial charge in [0, 0.05) is 5.39 Å². The number of phenols is 1. The lowest BCUT2D eigenvalue weighted by atomic mass is 10.1. The maximum absolute atomic E-state index is 9.86. The van der Waals surface area contributed by atoms with Crippen LogP contribution in [0.2, 0.25) is 0 Å². The van der Waals surface area contributed by atoms with Crippen LogP contribution < -0.4 is 0 Å². The second-order valence-electron chi connectivity index (χ2n) is 6.25. The SMILES string of the molecule is CCCCCCCCCCC=Cc1ccc2cccc(O)c2n1. The molecule has 0 aliphatic heterocycles. The zero-order chi connectivity index (χ0) is 16.3. The number of nitrogens with zero attached hydrogens (tertiary/aromatic N) is 1. The molecular formula is C21H29NO. The Kier molecular flexibility index (Phi) is 7.65. The molecule has 0 amide bonds. The van der Waals surface area contributed by atoms with Crippen molar-refractivity contribution in [2.75, 3.05) is 0 Å². The van der Waals surface area contributed by atoms with Crippen LogP contribution in [0.15, 0.2) is 36.4 Å². The zero-order valence-electron chi connectivity index (χ0n) is 14.3. The lowest BCUT2D eigenvalue weighted by Crippen LogP contribution is -1.84. The summed E-state index contributed by atoms with van der Waals surface area (Å²) in [6.45, 7) is 2.26. The van der Waals surface area contributed by atoms with E-state index >= 15 is 0 Å². The molecule has 0 aliphatic rings. The lowest BCUT2D eigenvalue weighted by Gasteiger charge is -2.01. The van der Waals surface area contributed by atoms with Crippen LogP contribution in [0.3, 0.4) is 0 Å². The van der Waals surface area contributed by atoms with Crippen LogP contribution in [-0.4, -0.2) is 10.1 Å². The number of pyridine rings is 1. The van der Waals surface area contributed by atoms with Gasteiger partial charge >= 0.3 is 0 Å². The molecule has 0 atom stereocenters. The van der Waals surface area contributed by atoms with E-state index in [1.807, 2.05) is 24.3 Å². The normalized spacial score (nSPS) is 11.5. The van der Waals surface area contributed by atoms with Crippen molar-refractivity contribution in [1.82, 2.24) is 4.98 Å². The van der Waals surface area contributed by atoms with Crippen LogP contribution in [-0.2, 0) is 0 Å². The first-order valence-corrected chi connectivity index (χ1v) is 9.06. The summed E-state index contributed by atoms with van der Waals surface area (Å²) in [5, 5.41) is 10.8. The number of fused-ring (bicyclic) bond motifs is 1. The minimum atomic E-state index is 0.251. The molecule has 0 unspecified atom stereocenters. The van der Waals surface area contributed by atoms with Crippen LogP contribution in [0, 0.1) is 0 Å². The first-order valence-electron chi connectivity index (χ1n) is 9.06. The smallest absolute Gasteiger partial charge is 0.141 e. The second-order valence-corrected chi connectivity index (χ2v) is 6.25. The van der Waals surface area contributed by atoms with Gasteiger partial charge in [0.15, 0.2) is 0 Å². The Balaban J connectivity index is 1.69.